The second-order valence-electron chi connectivity index (χ2n) is 3.85. The summed E-state index contributed by atoms with van der Waals surface area (Å²) < 4.78 is 0. The first kappa shape index (κ1) is 11.2. The van der Waals surface area contributed by atoms with Gasteiger partial charge in [-0.2, -0.15) is 5.26 Å². The van der Waals surface area contributed by atoms with E-state index in [9.17, 15) is 0 Å². The third kappa shape index (κ3) is 2.44. The van der Waals surface area contributed by atoms with Gasteiger partial charge in [-0.3, -0.25) is 0 Å². The summed E-state index contributed by atoms with van der Waals surface area (Å²) in [5.41, 5.74) is 3.84. The van der Waals surface area contributed by atoms with Crippen molar-refractivity contribution >= 4 is 5.69 Å². The second kappa shape index (κ2) is 4.69. The molecule has 3 heteroatoms. The Morgan fingerprint density at radius 3 is 1.82 bits per heavy atom. The Morgan fingerprint density at radius 2 is 1.41 bits per heavy atom. The quantitative estimate of drug-likeness (QED) is 0.628. The van der Waals surface area contributed by atoms with Crippen molar-refractivity contribution in [3.8, 4) is 17.2 Å². The van der Waals surface area contributed by atoms with Gasteiger partial charge in [0.2, 0.25) is 0 Å². The maximum atomic E-state index is 8.73. The number of rotatable bonds is 2. The second-order valence-corrected chi connectivity index (χ2v) is 3.85. The summed E-state index contributed by atoms with van der Waals surface area (Å²) in [7, 11) is 1.80. The molecule has 0 saturated carbocycles. The number of nitrogens with two attached hydrogens (primary N) is 1. The molecule has 0 atom stereocenters. The number of hydrazine groups is 1. The van der Waals surface area contributed by atoms with Crippen LogP contribution in [0.1, 0.15) is 5.56 Å². The van der Waals surface area contributed by atoms with Gasteiger partial charge in [-0.15, -0.1) is 0 Å². The minimum absolute atomic E-state index is 0.673. The zero-order valence-corrected chi connectivity index (χ0v) is 9.59. The molecular formula is C14H13N3. The Bertz CT molecular complexity index is 533. The van der Waals surface area contributed by atoms with Gasteiger partial charge in [0.05, 0.1) is 17.3 Å². The van der Waals surface area contributed by atoms with Gasteiger partial charge in [-0.1, -0.05) is 24.3 Å². The van der Waals surface area contributed by atoms with Gasteiger partial charge < -0.3 is 5.01 Å². The fourth-order valence-electron chi connectivity index (χ4n) is 1.63. The molecule has 0 saturated heterocycles. The summed E-state index contributed by atoms with van der Waals surface area (Å²) in [6, 6.07) is 17.6. The van der Waals surface area contributed by atoms with E-state index in [4.69, 9.17) is 11.1 Å². The monoisotopic (exact) mass is 223 g/mol. The molecule has 0 amide bonds. The summed E-state index contributed by atoms with van der Waals surface area (Å²) in [5, 5.41) is 10.3. The lowest BCUT2D eigenvalue weighted by atomic mass is 10.0. The van der Waals surface area contributed by atoms with Crippen molar-refractivity contribution in [2.75, 3.05) is 12.1 Å². The first-order valence-electron chi connectivity index (χ1n) is 5.30. The summed E-state index contributed by atoms with van der Waals surface area (Å²) in [4.78, 5) is 0. The Labute approximate surface area is 101 Å². The van der Waals surface area contributed by atoms with Crippen LogP contribution in [0.15, 0.2) is 48.5 Å². The summed E-state index contributed by atoms with van der Waals surface area (Å²) in [6.07, 6.45) is 0. The molecule has 2 aromatic carbocycles. The third-order valence-corrected chi connectivity index (χ3v) is 2.62. The van der Waals surface area contributed by atoms with E-state index in [1.807, 2.05) is 48.5 Å². The summed E-state index contributed by atoms with van der Waals surface area (Å²) in [5.74, 6) is 5.64. The van der Waals surface area contributed by atoms with Crippen LogP contribution in [0, 0.1) is 11.3 Å². The highest BCUT2D eigenvalue weighted by Crippen LogP contribution is 2.22. The number of hydrogen-bond acceptors (Lipinski definition) is 3. The molecular weight excluding hydrogens is 210 g/mol. The first-order valence-corrected chi connectivity index (χ1v) is 5.30. The molecule has 0 radical (unpaired) electrons. The summed E-state index contributed by atoms with van der Waals surface area (Å²) >= 11 is 0. The number of nitrogens with zero attached hydrogens (tertiary/aromatic N) is 2. The van der Waals surface area contributed by atoms with Crippen molar-refractivity contribution in [2.45, 2.75) is 0 Å². The SMILES string of the molecule is CN(N)c1ccc(-c2ccc(C#N)cc2)cc1. The predicted molar refractivity (Wildman–Crippen MR) is 69.2 cm³/mol. The lowest BCUT2D eigenvalue weighted by Crippen LogP contribution is -2.24. The Morgan fingerprint density at radius 1 is 0.941 bits per heavy atom. The van der Waals surface area contributed by atoms with Crippen LogP contribution in [-0.4, -0.2) is 7.05 Å². The molecule has 0 aliphatic carbocycles. The van der Waals surface area contributed by atoms with Crippen molar-refractivity contribution < 1.29 is 0 Å². The van der Waals surface area contributed by atoms with Crippen LogP contribution in [0.4, 0.5) is 5.69 Å². The van der Waals surface area contributed by atoms with E-state index >= 15 is 0 Å². The molecule has 2 N–H and O–H groups in total. The minimum Gasteiger partial charge on any atom is -0.314 e. The molecule has 0 aliphatic heterocycles. The average Bonchev–Trinajstić information content (AvgIpc) is 2.39. The van der Waals surface area contributed by atoms with Gasteiger partial charge in [0.25, 0.3) is 0 Å². The van der Waals surface area contributed by atoms with Crippen molar-refractivity contribution in [2.24, 2.45) is 5.84 Å². The molecule has 0 aromatic heterocycles. The molecule has 84 valence electrons. The fraction of sp³-hybridized carbons (Fsp3) is 0.0714. The van der Waals surface area contributed by atoms with Crippen LogP contribution in [0.5, 0.6) is 0 Å². The van der Waals surface area contributed by atoms with E-state index in [0.29, 0.717) is 5.56 Å². The van der Waals surface area contributed by atoms with E-state index in [2.05, 4.69) is 6.07 Å². The molecule has 3 nitrogen and oxygen atoms in total. The fourth-order valence-corrected chi connectivity index (χ4v) is 1.63. The molecule has 2 aromatic rings. The van der Waals surface area contributed by atoms with E-state index in [1.54, 1.807) is 12.1 Å². The van der Waals surface area contributed by atoms with Crippen LogP contribution < -0.4 is 10.9 Å². The highest BCUT2D eigenvalue weighted by atomic mass is 15.4. The van der Waals surface area contributed by atoms with E-state index < -0.39 is 0 Å². The van der Waals surface area contributed by atoms with Gasteiger partial charge in [0.1, 0.15) is 0 Å². The van der Waals surface area contributed by atoms with E-state index in [-0.39, 0.29) is 0 Å². The maximum absolute atomic E-state index is 8.73. The first-order chi connectivity index (χ1) is 8.20. The van der Waals surface area contributed by atoms with Crippen LogP contribution in [0.25, 0.3) is 11.1 Å². The lowest BCUT2D eigenvalue weighted by molar-refractivity contribution is 1.02. The van der Waals surface area contributed by atoms with Crippen LogP contribution in [0.3, 0.4) is 0 Å². The van der Waals surface area contributed by atoms with Crippen LogP contribution in [0.2, 0.25) is 0 Å². The number of anilines is 1. The number of hydrogen-bond donors (Lipinski definition) is 1. The summed E-state index contributed by atoms with van der Waals surface area (Å²) in [6.45, 7) is 0. The van der Waals surface area contributed by atoms with E-state index in [1.165, 1.54) is 0 Å². The van der Waals surface area contributed by atoms with Crippen LogP contribution in [-0.2, 0) is 0 Å². The number of nitriles is 1. The molecule has 0 spiro atoms. The molecule has 0 unspecified atom stereocenters. The minimum atomic E-state index is 0.673. The molecule has 0 fully saturated rings. The van der Waals surface area contributed by atoms with Crippen molar-refractivity contribution in [3.63, 3.8) is 0 Å². The smallest absolute Gasteiger partial charge is 0.0991 e. The zero-order chi connectivity index (χ0) is 12.3. The largest absolute Gasteiger partial charge is 0.314 e. The third-order valence-electron chi connectivity index (χ3n) is 2.62. The Balaban J connectivity index is 2.30. The molecule has 17 heavy (non-hydrogen) atoms. The Hall–Kier alpha value is -2.31. The predicted octanol–water partition coefficient (Wildman–Crippen LogP) is 2.54. The normalized spacial score (nSPS) is 9.71. The van der Waals surface area contributed by atoms with Crippen molar-refractivity contribution in [1.82, 2.24) is 0 Å². The van der Waals surface area contributed by atoms with Gasteiger partial charge in [-0.25, -0.2) is 5.84 Å². The van der Waals surface area contributed by atoms with Gasteiger partial charge in [0, 0.05) is 7.05 Å². The average molecular weight is 223 g/mol. The zero-order valence-electron chi connectivity index (χ0n) is 9.59. The molecule has 0 bridgehead atoms. The van der Waals surface area contributed by atoms with Crippen molar-refractivity contribution in [3.05, 3.63) is 54.1 Å². The van der Waals surface area contributed by atoms with Gasteiger partial charge >= 0.3 is 0 Å². The van der Waals surface area contributed by atoms with Crippen LogP contribution >= 0.6 is 0 Å². The van der Waals surface area contributed by atoms with E-state index in [0.717, 1.165) is 16.8 Å². The van der Waals surface area contributed by atoms with Gasteiger partial charge in [0.15, 0.2) is 0 Å². The lowest BCUT2D eigenvalue weighted by Gasteiger charge is -2.12. The standard InChI is InChI=1S/C14H13N3/c1-17(16)14-8-6-13(7-9-14)12-4-2-11(10-15)3-5-12/h2-9H,16H2,1H3. The highest BCUT2D eigenvalue weighted by molar-refractivity contribution is 5.66. The highest BCUT2D eigenvalue weighted by Gasteiger charge is 1.99. The Kier molecular flexibility index (Phi) is 3.08. The number of benzene rings is 2. The topological polar surface area (TPSA) is 53.0 Å². The molecule has 2 rings (SSSR count). The van der Waals surface area contributed by atoms with Crippen molar-refractivity contribution in [1.29, 1.82) is 5.26 Å². The van der Waals surface area contributed by atoms with Gasteiger partial charge in [-0.05, 0) is 35.4 Å². The molecule has 0 heterocycles. The maximum Gasteiger partial charge on any atom is 0.0991 e. The molecule has 0 aliphatic rings.